The van der Waals surface area contributed by atoms with Crippen LogP contribution in [-0.2, 0) is 13.0 Å². The highest BCUT2D eigenvalue weighted by Gasteiger charge is 2.19. The summed E-state index contributed by atoms with van der Waals surface area (Å²) in [6.07, 6.45) is 3.62. The van der Waals surface area contributed by atoms with Gasteiger partial charge in [0, 0.05) is 11.1 Å². The van der Waals surface area contributed by atoms with E-state index in [1.54, 1.807) is 0 Å². The van der Waals surface area contributed by atoms with Gasteiger partial charge in [0.15, 0.2) is 0 Å². The number of ether oxygens (including phenoxy) is 1. The number of hydrogen-bond acceptors (Lipinski definition) is 2. The summed E-state index contributed by atoms with van der Waals surface area (Å²) >= 11 is 6.00. The Balaban J connectivity index is 1.74. The fourth-order valence-electron chi connectivity index (χ4n) is 2.96. The monoisotopic (exact) mass is 301 g/mol. The Kier molecular flexibility index (Phi) is 4.47. The summed E-state index contributed by atoms with van der Waals surface area (Å²) in [5.41, 5.74) is 3.91. The second-order valence-corrected chi connectivity index (χ2v) is 5.95. The number of aryl methyl sites for hydroxylation is 1. The Hall–Kier alpha value is -1.51. The summed E-state index contributed by atoms with van der Waals surface area (Å²) in [6.45, 7) is 0.545. The predicted molar refractivity (Wildman–Crippen MR) is 87.0 cm³/mol. The first-order chi connectivity index (χ1) is 10.3. The van der Waals surface area contributed by atoms with E-state index in [1.165, 1.54) is 30.4 Å². The molecule has 0 spiro atoms. The summed E-state index contributed by atoms with van der Waals surface area (Å²) < 4.78 is 5.92. The van der Waals surface area contributed by atoms with E-state index in [-0.39, 0.29) is 0 Å². The predicted octanol–water partition coefficient (Wildman–Crippen LogP) is 4.52. The highest BCUT2D eigenvalue weighted by atomic mass is 35.5. The van der Waals surface area contributed by atoms with Crippen molar-refractivity contribution in [1.29, 1.82) is 0 Å². The van der Waals surface area contributed by atoms with E-state index in [0.717, 1.165) is 16.3 Å². The van der Waals surface area contributed by atoms with Gasteiger partial charge >= 0.3 is 0 Å². The molecule has 0 fully saturated rings. The second-order valence-electron chi connectivity index (χ2n) is 5.51. The van der Waals surface area contributed by atoms with Crippen molar-refractivity contribution in [3.63, 3.8) is 0 Å². The van der Waals surface area contributed by atoms with Crippen LogP contribution in [0.4, 0.5) is 0 Å². The zero-order valence-electron chi connectivity index (χ0n) is 12.2. The normalized spacial score (nSPS) is 17.3. The Labute approximate surface area is 131 Å². The van der Waals surface area contributed by atoms with E-state index < -0.39 is 0 Å². The standard InChI is InChI=1S/C18H20ClNO/c1-20-18-7-3-5-14-8-9-16(11-17(14)18)21-12-13-4-2-6-15(19)10-13/h2,4,6,8-11,18,20H,3,5,7,12H2,1H3. The maximum Gasteiger partial charge on any atom is 0.120 e. The van der Waals surface area contributed by atoms with Gasteiger partial charge in [-0.3, -0.25) is 0 Å². The fraction of sp³-hybridized carbons (Fsp3) is 0.333. The first kappa shape index (κ1) is 14.4. The van der Waals surface area contributed by atoms with Crippen LogP contribution in [0.5, 0.6) is 5.75 Å². The number of benzene rings is 2. The molecule has 0 saturated carbocycles. The first-order valence-electron chi connectivity index (χ1n) is 7.43. The second kappa shape index (κ2) is 6.50. The van der Waals surface area contributed by atoms with Gasteiger partial charge in [-0.1, -0.05) is 29.8 Å². The zero-order valence-corrected chi connectivity index (χ0v) is 13.0. The molecular formula is C18H20ClNO. The van der Waals surface area contributed by atoms with E-state index in [4.69, 9.17) is 16.3 Å². The number of fused-ring (bicyclic) bond motifs is 1. The molecule has 1 unspecified atom stereocenters. The molecule has 1 aliphatic rings. The lowest BCUT2D eigenvalue weighted by atomic mass is 9.87. The van der Waals surface area contributed by atoms with Crippen LogP contribution in [0.1, 0.15) is 35.6 Å². The topological polar surface area (TPSA) is 21.3 Å². The molecule has 0 saturated heterocycles. The van der Waals surface area contributed by atoms with E-state index in [0.29, 0.717) is 12.6 Å². The van der Waals surface area contributed by atoms with Gasteiger partial charge in [0.25, 0.3) is 0 Å². The Bertz CT molecular complexity index is 626. The van der Waals surface area contributed by atoms with Gasteiger partial charge in [0.2, 0.25) is 0 Å². The molecule has 1 atom stereocenters. The molecule has 3 rings (SSSR count). The van der Waals surface area contributed by atoms with Crippen LogP contribution in [0, 0.1) is 0 Å². The molecule has 110 valence electrons. The summed E-state index contributed by atoms with van der Waals surface area (Å²) in [5.74, 6) is 0.927. The molecule has 0 aromatic heterocycles. The molecule has 3 heteroatoms. The first-order valence-corrected chi connectivity index (χ1v) is 7.81. The van der Waals surface area contributed by atoms with Gasteiger partial charge in [0.1, 0.15) is 12.4 Å². The van der Waals surface area contributed by atoms with Crippen molar-refractivity contribution in [3.8, 4) is 5.75 Å². The lowest BCUT2D eigenvalue weighted by Gasteiger charge is -2.25. The van der Waals surface area contributed by atoms with Crippen molar-refractivity contribution in [1.82, 2.24) is 5.32 Å². The van der Waals surface area contributed by atoms with Crippen LogP contribution in [-0.4, -0.2) is 7.05 Å². The summed E-state index contributed by atoms with van der Waals surface area (Å²) in [4.78, 5) is 0. The number of nitrogens with one attached hydrogen (secondary N) is 1. The minimum atomic E-state index is 0.448. The van der Waals surface area contributed by atoms with Crippen LogP contribution in [0.2, 0.25) is 5.02 Å². The molecule has 0 radical (unpaired) electrons. The van der Waals surface area contributed by atoms with Crippen molar-refractivity contribution in [2.45, 2.75) is 31.9 Å². The highest BCUT2D eigenvalue weighted by molar-refractivity contribution is 6.30. The van der Waals surface area contributed by atoms with Gasteiger partial charge in [-0.25, -0.2) is 0 Å². The molecule has 21 heavy (non-hydrogen) atoms. The molecule has 1 N–H and O–H groups in total. The maximum atomic E-state index is 6.00. The van der Waals surface area contributed by atoms with Crippen LogP contribution in [0.15, 0.2) is 42.5 Å². The van der Waals surface area contributed by atoms with Crippen molar-refractivity contribution in [3.05, 3.63) is 64.2 Å². The molecular weight excluding hydrogens is 282 g/mol. The number of halogens is 1. The number of hydrogen-bond donors (Lipinski definition) is 1. The fourth-order valence-corrected chi connectivity index (χ4v) is 3.17. The number of rotatable bonds is 4. The summed E-state index contributed by atoms with van der Waals surface area (Å²) in [5, 5.41) is 4.14. The minimum absolute atomic E-state index is 0.448. The molecule has 0 heterocycles. The highest BCUT2D eigenvalue weighted by Crippen LogP contribution is 2.32. The molecule has 2 aromatic carbocycles. The zero-order chi connectivity index (χ0) is 14.7. The molecule has 0 amide bonds. The lowest BCUT2D eigenvalue weighted by Crippen LogP contribution is -2.21. The third-order valence-corrected chi connectivity index (χ3v) is 4.31. The molecule has 0 aliphatic heterocycles. The van der Waals surface area contributed by atoms with Crippen LogP contribution in [0.3, 0.4) is 0 Å². The van der Waals surface area contributed by atoms with Crippen molar-refractivity contribution < 1.29 is 4.74 Å². The van der Waals surface area contributed by atoms with E-state index in [2.05, 4.69) is 23.5 Å². The van der Waals surface area contributed by atoms with Gasteiger partial charge < -0.3 is 10.1 Å². The largest absolute Gasteiger partial charge is 0.489 e. The summed E-state index contributed by atoms with van der Waals surface area (Å²) in [6, 6.07) is 14.7. The third-order valence-electron chi connectivity index (χ3n) is 4.07. The van der Waals surface area contributed by atoms with Crippen LogP contribution in [0.25, 0.3) is 0 Å². The average molecular weight is 302 g/mol. The maximum absolute atomic E-state index is 6.00. The molecule has 2 aromatic rings. The van der Waals surface area contributed by atoms with Gasteiger partial charge in [-0.15, -0.1) is 0 Å². The van der Waals surface area contributed by atoms with Crippen molar-refractivity contribution in [2.24, 2.45) is 0 Å². The van der Waals surface area contributed by atoms with Gasteiger partial charge in [-0.05, 0) is 67.3 Å². The van der Waals surface area contributed by atoms with E-state index >= 15 is 0 Å². The van der Waals surface area contributed by atoms with E-state index in [9.17, 15) is 0 Å². The van der Waals surface area contributed by atoms with Crippen LogP contribution < -0.4 is 10.1 Å². The van der Waals surface area contributed by atoms with Crippen molar-refractivity contribution in [2.75, 3.05) is 7.05 Å². The Morgan fingerprint density at radius 1 is 1.24 bits per heavy atom. The van der Waals surface area contributed by atoms with E-state index in [1.807, 2.05) is 31.3 Å². The van der Waals surface area contributed by atoms with Crippen LogP contribution >= 0.6 is 11.6 Å². The minimum Gasteiger partial charge on any atom is -0.489 e. The SMILES string of the molecule is CNC1CCCc2ccc(OCc3cccc(Cl)c3)cc21. The summed E-state index contributed by atoms with van der Waals surface area (Å²) in [7, 11) is 2.03. The molecule has 0 bridgehead atoms. The quantitative estimate of drug-likeness (QED) is 0.897. The third kappa shape index (κ3) is 3.39. The Morgan fingerprint density at radius 2 is 2.14 bits per heavy atom. The van der Waals surface area contributed by atoms with Gasteiger partial charge in [0.05, 0.1) is 0 Å². The molecule has 2 nitrogen and oxygen atoms in total. The smallest absolute Gasteiger partial charge is 0.120 e. The Morgan fingerprint density at radius 3 is 2.95 bits per heavy atom. The lowest BCUT2D eigenvalue weighted by molar-refractivity contribution is 0.305. The van der Waals surface area contributed by atoms with Crippen molar-refractivity contribution >= 4 is 11.6 Å². The van der Waals surface area contributed by atoms with Gasteiger partial charge in [-0.2, -0.15) is 0 Å². The average Bonchev–Trinajstić information content (AvgIpc) is 2.52. The molecule has 1 aliphatic carbocycles.